The Bertz CT molecular complexity index is 554. The predicted octanol–water partition coefficient (Wildman–Crippen LogP) is 2.51. The summed E-state index contributed by atoms with van der Waals surface area (Å²) in [6.45, 7) is 5.47. The van der Waals surface area contributed by atoms with Gasteiger partial charge in [-0.15, -0.1) is 12.4 Å². The van der Waals surface area contributed by atoms with Crippen molar-refractivity contribution in [3.63, 3.8) is 0 Å². The first-order chi connectivity index (χ1) is 10.5. The molecule has 1 aliphatic rings. The number of ether oxygens (including phenoxy) is 1. The van der Waals surface area contributed by atoms with Crippen molar-refractivity contribution in [3.8, 4) is 0 Å². The highest BCUT2D eigenvalue weighted by Crippen LogP contribution is 2.15. The molecule has 128 valence electrons. The number of carbonyl (C=O) groups is 2. The Morgan fingerprint density at radius 3 is 2.87 bits per heavy atom. The van der Waals surface area contributed by atoms with Crippen LogP contribution in [0.5, 0.6) is 0 Å². The zero-order chi connectivity index (χ0) is 16.1. The van der Waals surface area contributed by atoms with Crippen molar-refractivity contribution in [2.45, 2.75) is 39.0 Å². The number of nitrogens with one attached hydrogen (secondary N) is 1. The highest BCUT2D eigenvalue weighted by Gasteiger charge is 2.30. The SMILES string of the molecule is CC(C)OC(=O)CC1NCCN(Cc2cccc(Br)c2)C1=O.Cl. The summed E-state index contributed by atoms with van der Waals surface area (Å²) < 4.78 is 6.11. The molecule has 1 amide bonds. The number of carbonyl (C=O) groups excluding carboxylic acids is 2. The molecule has 1 fully saturated rings. The smallest absolute Gasteiger partial charge is 0.308 e. The van der Waals surface area contributed by atoms with Gasteiger partial charge in [0.2, 0.25) is 5.91 Å². The van der Waals surface area contributed by atoms with E-state index in [4.69, 9.17) is 4.74 Å². The molecule has 1 aliphatic heterocycles. The van der Waals surface area contributed by atoms with Crippen LogP contribution in [0.3, 0.4) is 0 Å². The third-order valence-corrected chi connectivity index (χ3v) is 3.88. The topological polar surface area (TPSA) is 58.6 Å². The van der Waals surface area contributed by atoms with Gasteiger partial charge in [-0.2, -0.15) is 0 Å². The summed E-state index contributed by atoms with van der Waals surface area (Å²) in [6, 6.07) is 7.39. The molecular formula is C16H22BrClN2O3. The van der Waals surface area contributed by atoms with Gasteiger partial charge < -0.3 is 15.0 Å². The first-order valence-electron chi connectivity index (χ1n) is 7.42. The van der Waals surface area contributed by atoms with Crippen LogP contribution in [0.4, 0.5) is 0 Å². The van der Waals surface area contributed by atoms with Crippen LogP contribution in [0, 0.1) is 0 Å². The molecule has 0 spiro atoms. The molecule has 0 aliphatic carbocycles. The molecule has 1 aromatic carbocycles. The summed E-state index contributed by atoms with van der Waals surface area (Å²) in [5.74, 6) is -0.392. The van der Waals surface area contributed by atoms with Crippen molar-refractivity contribution >= 4 is 40.2 Å². The summed E-state index contributed by atoms with van der Waals surface area (Å²) in [5, 5.41) is 3.10. The summed E-state index contributed by atoms with van der Waals surface area (Å²) >= 11 is 3.43. The number of rotatable bonds is 5. The van der Waals surface area contributed by atoms with E-state index in [1.54, 1.807) is 18.7 Å². The maximum Gasteiger partial charge on any atom is 0.308 e. The zero-order valence-electron chi connectivity index (χ0n) is 13.3. The fourth-order valence-corrected chi connectivity index (χ4v) is 2.89. The van der Waals surface area contributed by atoms with Crippen LogP contribution in [0.1, 0.15) is 25.8 Å². The third-order valence-electron chi connectivity index (χ3n) is 3.38. The zero-order valence-corrected chi connectivity index (χ0v) is 15.7. The Balaban J connectivity index is 0.00000264. The van der Waals surface area contributed by atoms with Crippen LogP contribution in [-0.4, -0.2) is 42.0 Å². The molecule has 1 saturated heterocycles. The van der Waals surface area contributed by atoms with E-state index in [-0.39, 0.29) is 36.8 Å². The van der Waals surface area contributed by atoms with E-state index in [9.17, 15) is 9.59 Å². The molecular weight excluding hydrogens is 384 g/mol. The van der Waals surface area contributed by atoms with Crippen molar-refractivity contribution in [2.75, 3.05) is 13.1 Å². The monoisotopic (exact) mass is 404 g/mol. The van der Waals surface area contributed by atoms with E-state index < -0.39 is 6.04 Å². The fraction of sp³-hybridized carbons (Fsp3) is 0.500. The van der Waals surface area contributed by atoms with Crippen molar-refractivity contribution in [3.05, 3.63) is 34.3 Å². The average molecular weight is 406 g/mol. The van der Waals surface area contributed by atoms with Crippen LogP contribution in [-0.2, 0) is 20.9 Å². The van der Waals surface area contributed by atoms with Crippen molar-refractivity contribution in [1.82, 2.24) is 10.2 Å². The molecule has 0 aromatic heterocycles. The van der Waals surface area contributed by atoms with Gasteiger partial charge in [-0.05, 0) is 31.5 Å². The van der Waals surface area contributed by atoms with Gasteiger partial charge in [0.05, 0.1) is 18.6 Å². The minimum absolute atomic E-state index is 0. The van der Waals surface area contributed by atoms with Crippen LogP contribution in [0.2, 0.25) is 0 Å². The second-order valence-corrected chi connectivity index (χ2v) is 6.55. The standard InChI is InChI=1S/C16H21BrN2O3.ClH/c1-11(2)22-15(20)9-14-16(21)19(7-6-18-14)10-12-4-3-5-13(17)8-12;/h3-5,8,11,14,18H,6-7,9-10H2,1-2H3;1H. The lowest BCUT2D eigenvalue weighted by molar-refractivity contribution is -0.151. The van der Waals surface area contributed by atoms with E-state index in [1.807, 2.05) is 24.3 Å². The lowest BCUT2D eigenvalue weighted by Crippen LogP contribution is -2.55. The minimum atomic E-state index is -0.493. The summed E-state index contributed by atoms with van der Waals surface area (Å²) in [6.07, 6.45) is -0.0876. The van der Waals surface area contributed by atoms with Gasteiger partial charge in [-0.1, -0.05) is 28.1 Å². The molecule has 0 radical (unpaired) electrons. The number of piperazine rings is 1. The molecule has 0 bridgehead atoms. The first kappa shape index (κ1) is 19.9. The van der Waals surface area contributed by atoms with E-state index >= 15 is 0 Å². The molecule has 1 aromatic rings. The number of nitrogens with zero attached hydrogens (tertiary/aromatic N) is 1. The minimum Gasteiger partial charge on any atom is -0.463 e. The van der Waals surface area contributed by atoms with Crippen LogP contribution >= 0.6 is 28.3 Å². The van der Waals surface area contributed by atoms with Gasteiger partial charge >= 0.3 is 5.97 Å². The second kappa shape index (κ2) is 9.25. The van der Waals surface area contributed by atoms with E-state index in [2.05, 4.69) is 21.2 Å². The number of hydrogen-bond acceptors (Lipinski definition) is 4. The Morgan fingerprint density at radius 1 is 1.48 bits per heavy atom. The number of benzene rings is 1. The quantitative estimate of drug-likeness (QED) is 0.765. The Labute approximate surface area is 151 Å². The highest BCUT2D eigenvalue weighted by molar-refractivity contribution is 9.10. The third kappa shape index (κ3) is 6.12. The van der Waals surface area contributed by atoms with Crippen molar-refractivity contribution in [2.24, 2.45) is 0 Å². The van der Waals surface area contributed by atoms with Gasteiger partial charge in [0.1, 0.15) is 0 Å². The maximum atomic E-state index is 12.5. The lowest BCUT2D eigenvalue weighted by Gasteiger charge is -2.33. The average Bonchev–Trinajstić information content (AvgIpc) is 2.42. The number of esters is 1. The van der Waals surface area contributed by atoms with E-state index in [0.717, 1.165) is 10.0 Å². The molecule has 0 saturated carbocycles. The number of amides is 1. The maximum absolute atomic E-state index is 12.5. The fourth-order valence-electron chi connectivity index (χ4n) is 2.44. The Kier molecular flexibility index (Phi) is 8.02. The number of hydrogen-bond donors (Lipinski definition) is 1. The first-order valence-corrected chi connectivity index (χ1v) is 8.21. The molecule has 7 heteroatoms. The van der Waals surface area contributed by atoms with Crippen LogP contribution in [0.15, 0.2) is 28.7 Å². The second-order valence-electron chi connectivity index (χ2n) is 5.64. The number of halogens is 2. The molecule has 23 heavy (non-hydrogen) atoms. The van der Waals surface area contributed by atoms with Gasteiger partial charge in [0.15, 0.2) is 0 Å². The normalized spacial score (nSPS) is 17.8. The van der Waals surface area contributed by atoms with Crippen LogP contribution < -0.4 is 5.32 Å². The van der Waals surface area contributed by atoms with Gasteiger partial charge in [-0.25, -0.2) is 0 Å². The highest BCUT2D eigenvalue weighted by atomic mass is 79.9. The van der Waals surface area contributed by atoms with E-state index in [1.165, 1.54) is 0 Å². The predicted molar refractivity (Wildman–Crippen MR) is 94.4 cm³/mol. The molecule has 5 nitrogen and oxygen atoms in total. The molecule has 1 unspecified atom stereocenters. The van der Waals surface area contributed by atoms with Gasteiger partial charge in [-0.3, -0.25) is 9.59 Å². The van der Waals surface area contributed by atoms with Gasteiger partial charge in [0, 0.05) is 24.1 Å². The van der Waals surface area contributed by atoms with E-state index in [0.29, 0.717) is 19.6 Å². The summed E-state index contributed by atoms with van der Waals surface area (Å²) in [5.41, 5.74) is 1.06. The van der Waals surface area contributed by atoms with Crippen molar-refractivity contribution < 1.29 is 14.3 Å². The molecule has 1 N–H and O–H groups in total. The molecule has 1 atom stereocenters. The Morgan fingerprint density at radius 2 is 2.22 bits per heavy atom. The van der Waals surface area contributed by atoms with Crippen molar-refractivity contribution in [1.29, 1.82) is 0 Å². The largest absolute Gasteiger partial charge is 0.463 e. The Hall–Kier alpha value is -1.11. The summed E-state index contributed by atoms with van der Waals surface area (Å²) in [7, 11) is 0. The van der Waals surface area contributed by atoms with Crippen LogP contribution in [0.25, 0.3) is 0 Å². The molecule has 2 rings (SSSR count). The lowest BCUT2D eigenvalue weighted by atomic mass is 10.1. The molecule has 1 heterocycles. The van der Waals surface area contributed by atoms with Gasteiger partial charge in [0.25, 0.3) is 0 Å². The summed E-state index contributed by atoms with van der Waals surface area (Å²) in [4.78, 5) is 26.0.